The normalized spacial score (nSPS) is 11.0. The first-order valence-corrected chi connectivity index (χ1v) is 6.44. The highest BCUT2D eigenvalue weighted by Crippen LogP contribution is 2.08. The van der Waals surface area contributed by atoms with E-state index in [9.17, 15) is 4.79 Å². The van der Waals surface area contributed by atoms with Gasteiger partial charge >= 0.3 is 5.97 Å². The molecule has 2 aromatic rings. The molecule has 4 N–H and O–H groups in total. The maximum absolute atomic E-state index is 10.3. The van der Waals surface area contributed by atoms with E-state index in [2.05, 4.69) is 0 Å². The van der Waals surface area contributed by atoms with Crippen LogP contribution in [0.2, 0.25) is 0 Å². The third-order valence-corrected chi connectivity index (χ3v) is 2.39. The topological polar surface area (TPSA) is 92.8 Å². The number of benzene rings is 2. The fraction of sp³-hybridized carbons (Fsp3) is 0.188. The lowest BCUT2D eigenvalue weighted by Crippen LogP contribution is -2.12. The maximum atomic E-state index is 10.3. The summed E-state index contributed by atoms with van der Waals surface area (Å²) in [6.07, 6.45) is -0.407. The van der Waals surface area contributed by atoms with E-state index in [1.807, 2.05) is 30.3 Å². The number of nitrogens with two attached hydrogens (primary N) is 1. The molecule has 2 rings (SSSR count). The van der Waals surface area contributed by atoms with Crippen molar-refractivity contribution in [1.82, 2.24) is 0 Å². The maximum Gasteiger partial charge on any atom is 0.335 e. The zero-order valence-corrected chi connectivity index (χ0v) is 11.8. The molecule has 0 aliphatic heterocycles. The van der Waals surface area contributed by atoms with Crippen molar-refractivity contribution in [3.8, 4) is 5.75 Å². The number of para-hydroxylation sites is 1. The largest absolute Gasteiger partial charge is 0.491 e. The first-order valence-electron chi connectivity index (χ1n) is 6.44. The van der Waals surface area contributed by atoms with Gasteiger partial charge in [-0.3, -0.25) is 0 Å². The van der Waals surface area contributed by atoms with Crippen LogP contribution in [0.3, 0.4) is 0 Å². The summed E-state index contributed by atoms with van der Waals surface area (Å²) in [6, 6.07) is 15.5. The minimum atomic E-state index is -0.931. The summed E-state index contributed by atoms with van der Waals surface area (Å²) in [5.74, 6) is -0.131. The van der Waals surface area contributed by atoms with Crippen LogP contribution in [0.5, 0.6) is 5.75 Å². The second-order valence-corrected chi connectivity index (χ2v) is 4.40. The highest BCUT2D eigenvalue weighted by atomic mass is 16.5. The highest BCUT2D eigenvalue weighted by molar-refractivity contribution is 5.87. The Balaban J connectivity index is 0.000000211. The molecule has 0 bridgehead atoms. The van der Waals surface area contributed by atoms with Gasteiger partial charge in [0.05, 0.1) is 11.7 Å². The van der Waals surface area contributed by atoms with Gasteiger partial charge in [0.1, 0.15) is 12.4 Å². The molecule has 0 spiro atoms. The molecule has 1 unspecified atom stereocenters. The summed E-state index contributed by atoms with van der Waals surface area (Å²) in [5, 5.41) is 17.3. The Morgan fingerprint density at radius 2 is 1.71 bits per heavy atom. The van der Waals surface area contributed by atoms with E-state index in [1.54, 1.807) is 19.1 Å². The van der Waals surface area contributed by atoms with Gasteiger partial charge in [-0.05, 0) is 43.3 Å². The molecule has 0 fully saturated rings. The highest BCUT2D eigenvalue weighted by Gasteiger charge is 1.98. The molecule has 0 aliphatic rings. The van der Waals surface area contributed by atoms with E-state index < -0.39 is 12.1 Å². The number of carboxylic acids is 1. The van der Waals surface area contributed by atoms with Crippen molar-refractivity contribution in [3.63, 3.8) is 0 Å². The van der Waals surface area contributed by atoms with Crippen LogP contribution >= 0.6 is 0 Å². The van der Waals surface area contributed by atoms with Gasteiger partial charge in [-0.1, -0.05) is 18.2 Å². The molecule has 21 heavy (non-hydrogen) atoms. The summed E-state index contributed by atoms with van der Waals surface area (Å²) < 4.78 is 5.22. The molecule has 5 nitrogen and oxygen atoms in total. The Morgan fingerprint density at radius 1 is 1.14 bits per heavy atom. The molecule has 5 heteroatoms. The van der Waals surface area contributed by atoms with Crippen LogP contribution in [-0.2, 0) is 0 Å². The van der Waals surface area contributed by atoms with E-state index in [0.29, 0.717) is 12.3 Å². The number of rotatable bonds is 4. The second-order valence-electron chi connectivity index (χ2n) is 4.40. The summed E-state index contributed by atoms with van der Waals surface area (Å²) in [4.78, 5) is 10.3. The summed E-state index contributed by atoms with van der Waals surface area (Å²) in [5.41, 5.74) is 6.17. The summed E-state index contributed by atoms with van der Waals surface area (Å²) in [7, 11) is 0. The molecule has 0 amide bonds. The van der Waals surface area contributed by atoms with Crippen LogP contribution in [0, 0.1) is 0 Å². The number of hydrogen-bond donors (Lipinski definition) is 3. The van der Waals surface area contributed by atoms with Crippen molar-refractivity contribution in [3.05, 3.63) is 60.2 Å². The van der Waals surface area contributed by atoms with E-state index >= 15 is 0 Å². The van der Waals surface area contributed by atoms with Gasteiger partial charge in [-0.25, -0.2) is 4.79 Å². The summed E-state index contributed by atoms with van der Waals surface area (Å²) >= 11 is 0. The average Bonchev–Trinajstić information content (AvgIpc) is 2.47. The number of aliphatic hydroxyl groups is 1. The molecule has 2 aromatic carbocycles. The standard InChI is InChI=1S/C9H12O2.C7H7NO2/c1-8(10)7-11-9-5-3-2-4-6-9;8-6-3-1-5(2-4-6)7(9)10/h2-6,8,10H,7H2,1H3;1-4H,8H2,(H,9,10). The number of aromatic carboxylic acids is 1. The Bertz CT molecular complexity index is 538. The first-order chi connectivity index (χ1) is 9.99. The average molecular weight is 289 g/mol. The third kappa shape index (κ3) is 6.98. The molecule has 0 saturated carbocycles. The Hall–Kier alpha value is -2.53. The van der Waals surface area contributed by atoms with Crippen LogP contribution in [0.1, 0.15) is 17.3 Å². The number of nitrogen functional groups attached to an aromatic ring is 1. The Kier molecular flexibility index (Phi) is 6.77. The lowest BCUT2D eigenvalue weighted by molar-refractivity contribution is 0.0697. The number of carbonyl (C=O) groups is 1. The van der Waals surface area contributed by atoms with E-state index in [-0.39, 0.29) is 5.56 Å². The van der Waals surface area contributed by atoms with Gasteiger partial charge in [0.2, 0.25) is 0 Å². The predicted octanol–water partition coefficient (Wildman–Crippen LogP) is 2.41. The minimum Gasteiger partial charge on any atom is -0.491 e. The second kappa shape index (κ2) is 8.60. The fourth-order valence-electron chi connectivity index (χ4n) is 1.36. The third-order valence-electron chi connectivity index (χ3n) is 2.39. The molecular formula is C16H19NO4. The molecule has 0 aliphatic carbocycles. The molecule has 112 valence electrons. The van der Waals surface area contributed by atoms with Crippen molar-refractivity contribution in [2.45, 2.75) is 13.0 Å². The monoisotopic (exact) mass is 289 g/mol. The summed E-state index contributed by atoms with van der Waals surface area (Å²) in [6.45, 7) is 2.05. The smallest absolute Gasteiger partial charge is 0.335 e. The zero-order chi connectivity index (χ0) is 15.7. The fourth-order valence-corrected chi connectivity index (χ4v) is 1.36. The minimum absolute atomic E-state index is 0.259. The Morgan fingerprint density at radius 3 is 2.19 bits per heavy atom. The molecule has 0 radical (unpaired) electrons. The number of ether oxygens (including phenoxy) is 1. The predicted molar refractivity (Wildman–Crippen MR) is 81.4 cm³/mol. The van der Waals surface area contributed by atoms with Gasteiger partial charge in [0.15, 0.2) is 0 Å². The lowest BCUT2D eigenvalue weighted by Gasteiger charge is -2.06. The van der Waals surface area contributed by atoms with Gasteiger partial charge in [0.25, 0.3) is 0 Å². The van der Waals surface area contributed by atoms with Gasteiger partial charge in [0, 0.05) is 5.69 Å². The van der Waals surface area contributed by atoms with Crippen LogP contribution < -0.4 is 10.5 Å². The van der Waals surface area contributed by atoms with Crippen LogP contribution in [0.4, 0.5) is 5.69 Å². The number of carboxylic acid groups (broad SMARTS) is 1. The first kappa shape index (κ1) is 16.5. The number of anilines is 1. The van der Waals surface area contributed by atoms with Crippen molar-refractivity contribution < 1.29 is 19.7 Å². The van der Waals surface area contributed by atoms with E-state index in [0.717, 1.165) is 5.75 Å². The van der Waals surface area contributed by atoms with Crippen molar-refractivity contribution in [1.29, 1.82) is 0 Å². The Labute approximate surface area is 123 Å². The van der Waals surface area contributed by atoms with Crippen LogP contribution in [-0.4, -0.2) is 28.9 Å². The van der Waals surface area contributed by atoms with Crippen molar-refractivity contribution in [2.24, 2.45) is 0 Å². The van der Waals surface area contributed by atoms with Crippen LogP contribution in [0.15, 0.2) is 54.6 Å². The van der Waals surface area contributed by atoms with E-state index in [4.69, 9.17) is 20.7 Å². The number of aliphatic hydroxyl groups excluding tert-OH is 1. The van der Waals surface area contributed by atoms with Gasteiger partial charge in [-0.15, -0.1) is 0 Å². The quantitative estimate of drug-likeness (QED) is 0.752. The molecule has 1 atom stereocenters. The number of hydrogen-bond acceptors (Lipinski definition) is 4. The van der Waals surface area contributed by atoms with Gasteiger partial charge < -0.3 is 20.7 Å². The lowest BCUT2D eigenvalue weighted by atomic mass is 10.2. The zero-order valence-electron chi connectivity index (χ0n) is 11.8. The van der Waals surface area contributed by atoms with Crippen molar-refractivity contribution in [2.75, 3.05) is 12.3 Å². The molecule has 0 heterocycles. The van der Waals surface area contributed by atoms with Gasteiger partial charge in [-0.2, -0.15) is 0 Å². The molecule has 0 aromatic heterocycles. The molecular weight excluding hydrogens is 270 g/mol. The van der Waals surface area contributed by atoms with E-state index in [1.165, 1.54) is 12.1 Å². The molecule has 0 saturated heterocycles. The SMILES string of the molecule is CC(O)COc1ccccc1.Nc1ccc(C(=O)O)cc1. The van der Waals surface area contributed by atoms with Crippen LogP contribution in [0.25, 0.3) is 0 Å². The van der Waals surface area contributed by atoms with Crippen molar-refractivity contribution >= 4 is 11.7 Å².